The molecule has 1 saturated heterocycles. The zero-order valence-electron chi connectivity index (χ0n) is 16.4. The number of esters is 1. The van der Waals surface area contributed by atoms with Crippen LogP contribution in [0.15, 0.2) is 21.8 Å². The summed E-state index contributed by atoms with van der Waals surface area (Å²) in [5.41, 5.74) is 0.534. The number of carbonyl (C=O) groups excluding carboxylic acids is 1. The van der Waals surface area contributed by atoms with Gasteiger partial charge in [0.2, 0.25) is 5.95 Å². The highest BCUT2D eigenvalue weighted by molar-refractivity contribution is 7.91. The summed E-state index contributed by atoms with van der Waals surface area (Å²) in [4.78, 5) is 31.0. The van der Waals surface area contributed by atoms with E-state index < -0.39 is 21.6 Å². The fourth-order valence-electron chi connectivity index (χ4n) is 3.51. The number of sulfone groups is 1. The van der Waals surface area contributed by atoms with Gasteiger partial charge in [-0.05, 0) is 43.9 Å². The average Bonchev–Trinajstić information content (AvgIpc) is 2.69. The third-order valence-electron chi connectivity index (χ3n) is 5.04. The normalized spacial score (nSPS) is 15.0. The number of hydrogen-bond acceptors (Lipinski definition) is 7. The highest BCUT2D eigenvalue weighted by Gasteiger charge is 2.25. The van der Waals surface area contributed by atoms with Gasteiger partial charge >= 0.3 is 5.97 Å². The van der Waals surface area contributed by atoms with E-state index in [0.717, 1.165) is 32.4 Å². The van der Waals surface area contributed by atoms with Crippen LogP contribution < -0.4 is 10.5 Å². The molecule has 2 aromatic rings. The van der Waals surface area contributed by atoms with E-state index in [2.05, 4.69) is 9.72 Å². The Bertz CT molecular complexity index is 1070. The van der Waals surface area contributed by atoms with E-state index in [4.69, 9.17) is 0 Å². The Balaban J connectivity index is 2.18. The minimum atomic E-state index is -3.82. The Morgan fingerprint density at radius 3 is 2.54 bits per heavy atom. The molecule has 28 heavy (non-hydrogen) atoms. The SMILES string of the molecule is COC(=O)CCS(=O)(=O)c1cc(C)cc2c(=O)n(C)c(N3CCCCC3)nc12. The van der Waals surface area contributed by atoms with E-state index in [1.807, 2.05) is 4.90 Å². The van der Waals surface area contributed by atoms with E-state index in [-0.39, 0.29) is 27.8 Å². The van der Waals surface area contributed by atoms with Gasteiger partial charge in [0.1, 0.15) is 0 Å². The largest absolute Gasteiger partial charge is 0.469 e. The number of ether oxygens (including phenoxy) is 1. The number of nitrogens with zero attached hydrogens (tertiary/aromatic N) is 3. The highest BCUT2D eigenvalue weighted by atomic mass is 32.2. The Kier molecular flexibility index (Phi) is 5.74. The van der Waals surface area contributed by atoms with Crippen molar-refractivity contribution in [3.8, 4) is 0 Å². The molecule has 0 unspecified atom stereocenters. The zero-order chi connectivity index (χ0) is 20.5. The van der Waals surface area contributed by atoms with Gasteiger partial charge in [0.25, 0.3) is 5.56 Å². The standard InChI is InChI=1S/C19H25N3O5S/c1-13-11-14-17(15(12-13)28(25,26)10-7-16(23)27-3)20-19(21(2)18(14)24)22-8-5-4-6-9-22/h11-12H,4-10H2,1-3H3. The first-order valence-corrected chi connectivity index (χ1v) is 11.0. The molecule has 1 aliphatic heterocycles. The van der Waals surface area contributed by atoms with Crippen LogP contribution in [0, 0.1) is 6.92 Å². The lowest BCUT2D eigenvalue weighted by Crippen LogP contribution is -2.35. The van der Waals surface area contributed by atoms with Gasteiger partial charge < -0.3 is 9.64 Å². The molecule has 0 N–H and O–H groups in total. The maximum atomic E-state index is 13.0. The van der Waals surface area contributed by atoms with Gasteiger partial charge in [0, 0.05) is 20.1 Å². The molecule has 0 saturated carbocycles. The molecule has 0 atom stereocenters. The number of anilines is 1. The van der Waals surface area contributed by atoms with E-state index in [1.54, 1.807) is 20.0 Å². The summed E-state index contributed by atoms with van der Waals surface area (Å²) in [5, 5.41) is 0.264. The first-order valence-electron chi connectivity index (χ1n) is 9.30. The Labute approximate surface area is 164 Å². The minimum absolute atomic E-state index is 0.0117. The fraction of sp³-hybridized carbons (Fsp3) is 0.526. The number of piperidine rings is 1. The molecule has 9 heteroatoms. The van der Waals surface area contributed by atoms with Crippen molar-refractivity contribution in [2.75, 3.05) is 30.9 Å². The zero-order valence-corrected chi connectivity index (χ0v) is 17.2. The van der Waals surface area contributed by atoms with Crippen LogP contribution in [0.3, 0.4) is 0 Å². The van der Waals surface area contributed by atoms with Crippen LogP contribution in [0.25, 0.3) is 10.9 Å². The monoisotopic (exact) mass is 407 g/mol. The van der Waals surface area contributed by atoms with E-state index in [0.29, 0.717) is 11.5 Å². The molecular formula is C19H25N3O5S. The first-order chi connectivity index (χ1) is 13.2. The van der Waals surface area contributed by atoms with Crippen molar-refractivity contribution in [1.82, 2.24) is 9.55 Å². The van der Waals surface area contributed by atoms with Crippen LogP contribution in [0.5, 0.6) is 0 Å². The topological polar surface area (TPSA) is 98.6 Å². The van der Waals surface area contributed by atoms with E-state index >= 15 is 0 Å². The highest BCUT2D eigenvalue weighted by Crippen LogP contribution is 2.26. The predicted molar refractivity (Wildman–Crippen MR) is 106 cm³/mol. The quantitative estimate of drug-likeness (QED) is 0.694. The van der Waals surface area contributed by atoms with Gasteiger partial charge in [0.15, 0.2) is 9.84 Å². The summed E-state index contributed by atoms with van der Waals surface area (Å²) in [6.07, 6.45) is 2.89. The van der Waals surface area contributed by atoms with Crippen molar-refractivity contribution in [2.45, 2.75) is 37.5 Å². The number of carbonyl (C=O) groups is 1. The third-order valence-corrected chi connectivity index (χ3v) is 6.77. The number of methoxy groups -OCH3 is 1. The summed E-state index contributed by atoms with van der Waals surface area (Å²) in [6.45, 7) is 3.29. The number of aromatic nitrogens is 2. The molecule has 1 aliphatic rings. The number of fused-ring (bicyclic) bond motifs is 1. The Morgan fingerprint density at radius 2 is 1.89 bits per heavy atom. The summed E-state index contributed by atoms with van der Waals surface area (Å²) < 4.78 is 31.9. The molecule has 1 fully saturated rings. The van der Waals surface area contributed by atoms with E-state index in [9.17, 15) is 18.0 Å². The van der Waals surface area contributed by atoms with Crippen molar-refractivity contribution in [1.29, 1.82) is 0 Å². The van der Waals surface area contributed by atoms with Crippen LogP contribution in [0.1, 0.15) is 31.2 Å². The van der Waals surface area contributed by atoms with Crippen LogP contribution in [0.4, 0.5) is 5.95 Å². The van der Waals surface area contributed by atoms with Crippen LogP contribution in [0.2, 0.25) is 0 Å². The van der Waals surface area contributed by atoms with Gasteiger partial charge in [-0.3, -0.25) is 14.2 Å². The summed E-state index contributed by atoms with van der Waals surface area (Å²) in [7, 11) is -0.947. The maximum Gasteiger partial charge on any atom is 0.306 e. The van der Waals surface area contributed by atoms with Crippen LogP contribution in [-0.4, -0.2) is 49.9 Å². The molecule has 0 spiro atoms. The summed E-state index contributed by atoms with van der Waals surface area (Å²) in [6, 6.07) is 3.17. The van der Waals surface area contributed by atoms with Crippen LogP contribution >= 0.6 is 0 Å². The molecule has 0 bridgehead atoms. The number of aryl methyl sites for hydroxylation is 1. The number of hydrogen-bond donors (Lipinski definition) is 0. The van der Waals surface area contributed by atoms with Crippen molar-refractivity contribution >= 4 is 32.7 Å². The lowest BCUT2D eigenvalue weighted by molar-refractivity contribution is -0.140. The molecule has 3 rings (SSSR count). The van der Waals surface area contributed by atoms with Gasteiger partial charge in [-0.15, -0.1) is 0 Å². The molecule has 2 heterocycles. The Morgan fingerprint density at radius 1 is 1.21 bits per heavy atom. The molecular weight excluding hydrogens is 382 g/mol. The number of rotatable bonds is 5. The molecule has 0 amide bonds. The van der Waals surface area contributed by atoms with Crippen molar-refractivity contribution < 1.29 is 17.9 Å². The first kappa shape index (κ1) is 20.3. The van der Waals surface area contributed by atoms with Gasteiger partial charge in [-0.25, -0.2) is 13.4 Å². The van der Waals surface area contributed by atoms with E-state index in [1.165, 1.54) is 17.7 Å². The lowest BCUT2D eigenvalue weighted by atomic mass is 10.1. The molecule has 1 aromatic heterocycles. The molecule has 0 aliphatic carbocycles. The number of benzene rings is 1. The lowest BCUT2D eigenvalue weighted by Gasteiger charge is -2.29. The smallest absolute Gasteiger partial charge is 0.306 e. The Hall–Kier alpha value is -2.42. The van der Waals surface area contributed by atoms with Crippen molar-refractivity contribution in [3.05, 3.63) is 28.0 Å². The van der Waals surface area contributed by atoms with Gasteiger partial charge in [-0.1, -0.05) is 0 Å². The minimum Gasteiger partial charge on any atom is -0.469 e. The maximum absolute atomic E-state index is 13.0. The second kappa shape index (κ2) is 7.90. The third kappa shape index (κ3) is 3.89. The van der Waals surface area contributed by atoms with Crippen molar-refractivity contribution in [3.63, 3.8) is 0 Å². The molecule has 152 valence electrons. The molecule has 0 radical (unpaired) electrons. The van der Waals surface area contributed by atoms with Crippen LogP contribution in [-0.2, 0) is 26.4 Å². The summed E-state index contributed by atoms with van der Waals surface area (Å²) in [5.74, 6) is -0.516. The van der Waals surface area contributed by atoms with Gasteiger partial charge in [-0.2, -0.15) is 0 Å². The molecule has 8 nitrogen and oxygen atoms in total. The second-order valence-electron chi connectivity index (χ2n) is 7.13. The molecule has 1 aromatic carbocycles. The van der Waals surface area contributed by atoms with Gasteiger partial charge in [0.05, 0.1) is 35.1 Å². The predicted octanol–water partition coefficient (Wildman–Crippen LogP) is 1.57. The second-order valence-corrected chi connectivity index (χ2v) is 9.21. The van der Waals surface area contributed by atoms with Crippen molar-refractivity contribution in [2.24, 2.45) is 7.05 Å². The average molecular weight is 407 g/mol. The summed E-state index contributed by atoms with van der Waals surface area (Å²) >= 11 is 0. The fourth-order valence-corrected chi connectivity index (χ4v) is 4.98.